The number of anilines is 2. The maximum Gasteiger partial charge on any atom is 0.134 e. The van der Waals surface area contributed by atoms with E-state index >= 15 is 0 Å². The molecule has 0 unspecified atom stereocenters. The molecule has 2 aromatic carbocycles. The summed E-state index contributed by atoms with van der Waals surface area (Å²) in [6.07, 6.45) is 0.827. The lowest BCUT2D eigenvalue weighted by Crippen LogP contribution is -1.94. The van der Waals surface area contributed by atoms with Crippen molar-refractivity contribution in [2.24, 2.45) is 0 Å². The molecule has 0 amide bonds. The molecular formula is C16H16N2O. The molecule has 3 aromatic rings. The fraction of sp³-hybridized carbons (Fsp3) is 0.125. The molecule has 0 spiro atoms. The molecule has 3 heteroatoms. The van der Waals surface area contributed by atoms with Crippen LogP contribution in [0.15, 0.2) is 46.9 Å². The Morgan fingerprint density at radius 2 is 1.84 bits per heavy atom. The molecule has 0 bridgehead atoms. The van der Waals surface area contributed by atoms with E-state index in [1.807, 2.05) is 30.3 Å². The van der Waals surface area contributed by atoms with Crippen LogP contribution in [0.3, 0.4) is 0 Å². The molecule has 4 N–H and O–H groups in total. The van der Waals surface area contributed by atoms with Gasteiger partial charge in [-0.3, -0.25) is 0 Å². The van der Waals surface area contributed by atoms with Crippen molar-refractivity contribution in [1.82, 2.24) is 0 Å². The zero-order valence-corrected chi connectivity index (χ0v) is 10.8. The molecule has 0 saturated heterocycles. The molecule has 0 aliphatic rings. The van der Waals surface area contributed by atoms with E-state index in [2.05, 4.69) is 13.0 Å². The molecule has 3 rings (SSSR count). The Balaban J connectivity index is 2.34. The number of hydrogen-bond donors (Lipinski definition) is 2. The predicted molar refractivity (Wildman–Crippen MR) is 79.9 cm³/mol. The third-order valence-electron chi connectivity index (χ3n) is 3.33. The zero-order valence-electron chi connectivity index (χ0n) is 10.8. The molecule has 96 valence electrons. The highest BCUT2D eigenvalue weighted by molar-refractivity contribution is 5.99. The average molecular weight is 252 g/mol. The van der Waals surface area contributed by atoms with E-state index in [-0.39, 0.29) is 0 Å². The first-order valence-electron chi connectivity index (χ1n) is 6.36. The van der Waals surface area contributed by atoms with Gasteiger partial charge < -0.3 is 15.9 Å². The zero-order chi connectivity index (χ0) is 13.4. The minimum absolute atomic E-state index is 0.673. The Morgan fingerprint density at radius 3 is 2.58 bits per heavy atom. The summed E-state index contributed by atoms with van der Waals surface area (Å²) in [6.45, 7) is 2.08. The van der Waals surface area contributed by atoms with E-state index in [0.717, 1.165) is 34.3 Å². The molecule has 1 aromatic heterocycles. The third kappa shape index (κ3) is 1.83. The normalized spacial score (nSPS) is 11.0. The maximum absolute atomic E-state index is 6.11. The monoisotopic (exact) mass is 252 g/mol. The number of hydrogen-bond acceptors (Lipinski definition) is 3. The number of para-hydroxylation sites is 1. The minimum atomic E-state index is 0.673. The van der Waals surface area contributed by atoms with Gasteiger partial charge in [0.1, 0.15) is 11.3 Å². The van der Waals surface area contributed by atoms with E-state index < -0.39 is 0 Å². The summed E-state index contributed by atoms with van der Waals surface area (Å²) >= 11 is 0. The molecular weight excluding hydrogens is 236 g/mol. The maximum atomic E-state index is 6.11. The second-order valence-electron chi connectivity index (χ2n) is 4.60. The number of nitrogen functional groups attached to an aromatic ring is 2. The molecule has 0 aliphatic carbocycles. The minimum Gasteiger partial charge on any atom is -0.460 e. The average Bonchev–Trinajstić information content (AvgIpc) is 2.77. The van der Waals surface area contributed by atoms with Crippen LogP contribution in [0, 0.1) is 0 Å². The predicted octanol–water partition coefficient (Wildman–Crippen LogP) is 3.83. The van der Waals surface area contributed by atoms with Crippen molar-refractivity contribution in [2.45, 2.75) is 13.3 Å². The van der Waals surface area contributed by atoms with Crippen LogP contribution in [0.1, 0.15) is 12.7 Å². The van der Waals surface area contributed by atoms with Gasteiger partial charge in [-0.1, -0.05) is 31.2 Å². The van der Waals surface area contributed by atoms with Crippen LogP contribution < -0.4 is 11.5 Å². The first-order valence-corrected chi connectivity index (χ1v) is 6.36. The van der Waals surface area contributed by atoms with Crippen LogP contribution >= 0.6 is 0 Å². The van der Waals surface area contributed by atoms with E-state index in [1.165, 1.54) is 0 Å². The van der Waals surface area contributed by atoms with Crippen molar-refractivity contribution in [3.8, 4) is 11.1 Å². The van der Waals surface area contributed by atoms with Crippen LogP contribution in [0.25, 0.3) is 22.1 Å². The molecule has 0 fully saturated rings. The Hall–Kier alpha value is -2.42. The molecule has 3 nitrogen and oxygen atoms in total. The summed E-state index contributed by atoms with van der Waals surface area (Å²) in [5.74, 6) is 0.956. The fourth-order valence-corrected chi connectivity index (χ4v) is 2.45. The van der Waals surface area contributed by atoms with Gasteiger partial charge in [0.2, 0.25) is 0 Å². The van der Waals surface area contributed by atoms with E-state index in [9.17, 15) is 0 Å². The van der Waals surface area contributed by atoms with Crippen molar-refractivity contribution in [3.63, 3.8) is 0 Å². The Kier molecular flexibility index (Phi) is 2.67. The second kappa shape index (κ2) is 4.35. The number of benzene rings is 2. The summed E-state index contributed by atoms with van der Waals surface area (Å²) in [5, 5.41) is 1.09. The van der Waals surface area contributed by atoms with Crippen LogP contribution in [-0.2, 0) is 6.42 Å². The summed E-state index contributed by atoms with van der Waals surface area (Å²) in [4.78, 5) is 0. The van der Waals surface area contributed by atoms with E-state index in [1.54, 1.807) is 6.07 Å². The second-order valence-corrected chi connectivity index (χ2v) is 4.60. The van der Waals surface area contributed by atoms with Gasteiger partial charge in [0.05, 0.1) is 0 Å². The van der Waals surface area contributed by atoms with Gasteiger partial charge in [-0.15, -0.1) is 0 Å². The van der Waals surface area contributed by atoms with Crippen LogP contribution in [0.4, 0.5) is 11.4 Å². The van der Waals surface area contributed by atoms with Gasteiger partial charge in [-0.2, -0.15) is 0 Å². The van der Waals surface area contributed by atoms with Gasteiger partial charge in [0.15, 0.2) is 0 Å². The quantitative estimate of drug-likeness (QED) is 0.681. The molecule has 1 heterocycles. The molecule has 0 atom stereocenters. The molecule has 0 saturated carbocycles. The number of furan rings is 1. The molecule has 0 aliphatic heterocycles. The Morgan fingerprint density at radius 1 is 1.05 bits per heavy atom. The number of aryl methyl sites for hydroxylation is 1. The van der Waals surface area contributed by atoms with Crippen molar-refractivity contribution in [3.05, 3.63) is 48.2 Å². The van der Waals surface area contributed by atoms with Gasteiger partial charge >= 0.3 is 0 Å². The SMILES string of the molecule is CCc1oc2ccccc2c1-c1ccc(N)cc1N. The van der Waals surface area contributed by atoms with Gasteiger partial charge in [0, 0.05) is 34.3 Å². The summed E-state index contributed by atoms with van der Waals surface area (Å²) < 4.78 is 5.90. The standard InChI is InChI=1S/C16H16N2O/c1-2-14-16(11-8-7-10(17)9-13(11)18)12-5-3-4-6-15(12)19-14/h3-9H,2,17-18H2,1H3. The van der Waals surface area contributed by atoms with Crippen molar-refractivity contribution >= 4 is 22.3 Å². The van der Waals surface area contributed by atoms with Gasteiger partial charge in [-0.05, 0) is 18.2 Å². The first kappa shape index (κ1) is 11.7. The van der Waals surface area contributed by atoms with Crippen LogP contribution in [-0.4, -0.2) is 0 Å². The van der Waals surface area contributed by atoms with Crippen LogP contribution in [0.2, 0.25) is 0 Å². The lowest BCUT2D eigenvalue weighted by Gasteiger charge is -2.07. The number of rotatable bonds is 2. The van der Waals surface area contributed by atoms with Crippen molar-refractivity contribution in [2.75, 3.05) is 11.5 Å². The van der Waals surface area contributed by atoms with Crippen molar-refractivity contribution < 1.29 is 4.42 Å². The number of nitrogens with two attached hydrogens (primary N) is 2. The highest BCUT2D eigenvalue weighted by Gasteiger charge is 2.16. The largest absolute Gasteiger partial charge is 0.460 e. The van der Waals surface area contributed by atoms with Gasteiger partial charge in [0.25, 0.3) is 0 Å². The van der Waals surface area contributed by atoms with E-state index in [0.29, 0.717) is 11.4 Å². The fourth-order valence-electron chi connectivity index (χ4n) is 2.45. The Bertz CT molecular complexity index is 744. The summed E-state index contributed by atoms with van der Waals surface area (Å²) in [5.41, 5.74) is 16.2. The molecule has 19 heavy (non-hydrogen) atoms. The molecule has 0 radical (unpaired) electrons. The Labute approximate surface area is 111 Å². The van der Waals surface area contributed by atoms with Gasteiger partial charge in [-0.25, -0.2) is 0 Å². The third-order valence-corrected chi connectivity index (χ3v) is 3.33. The topological polar surface area (TPSA) is 65.2 Å². The van der Waals surface area contributed by atoms with E-state index in [4.69, 9.17) is 15.9 Å². The lowest BCUT2D eigenvalue weighted by molar-refractivity contribution is 0.558. The smallest absolute Gasteiger partial charge is 0.134 e. The summed E-state index contributed by atoms with van der Waals surface area (Å²) in [6, 6.07) is 13.6. The first-order chi connectivity index (χ1) is 9.20. The lowest BCUT2D eigenvalue weighted by atomic mass is 9.99. The highest BCUT2D eigenvalue weighted by Crippen LogP contribution is 2.38. The number of fused-ring (bicyclic) bond motifs is 1. The highest BCUT2D eigenvalue weighted by atomic mass is 16.3. The van der Waals surface area contributed by atoms with Crippen LogP contribution in [0.5, 0.6) is 0 Å². The van der Waals surface area contributed by atoms with Crippen molar-refractivity contribution in [1.29, 1.82) is 0 Å². The summed E-state index contributed by atoms with van der Waals surface area (Å²) in [7, 11) is 0.